The predicted octanol–water partition coefficient (Wildman–Crippen LogP) is 0.844. The molecule has 4 N–H and O–H groups in total. The molecule has 0 heterocycles. The molecule has 1 aliphatic carbocycles. The summed E-state index contributed by atoms with van der Waals surface area (Å²) >= 11 is 0. The molecule has 1 fully saturated rings. The van der Waals surface area contributed by atoms with E-state index < -0.39 is 11.4 Å². The summed E-state index contributed by atoms with van der Waals surface area (Å²) in [6.45, 7) is 0. The van der Waals surface area contributed by atoms with E-state index in [9.17, 15) is 15.0 Å². The maximum atomic E-state index is 11.4. The van der Waals surface area contributed by atoms with Crippen LogP contribution < -0.4 is 10.5 Å². The van der Waals surface area contributed by atoms with Gasteiger partial charge in [0.05, 0.1) is 12.5 Å². The fourth-order valence-electron chi connectivity index (χ4n) is 2.39. The molecule has 5 heteroatoms. The van der Waals surface area contributed by atoms with Gasteiger partial charge >= 0.3 is 5.97 Å². The van der Waals surface area contributed by atoms with Crippen molar-refractivity contribution in [1.82, 2.24) is 0 Å². The third-order valence-corrected chi connectivity index (χ3v) is 3.35. The lowest BCUT2D eigenvalue weighted by Crippen LogP contribution is -2.54. The van der Waals surface area contributed by atoms with Gasteiger partial charge in [-0.05, 0) is 18.9 Å². The summed E-state index contributed by atoms with van der Waals surface area (Å²) in [5.74, 6) is -0.506. The first kappa shape index (κ1) is 11.7. The van der Waals surface area contributed by atoms with E-state index in [2.05, 4.69) is 0 Å². The number of hydrogen-bond acceptors (Lipinski definition) is 4. The molecule has 5 nitrogen and oxygen atoms in total. The van der Waals surface area contributed by atoms with Crippen LogP contribution in [0.1, 0.15) is 18.4 Å². The normalized spacial score (nSPS) is 27.3. The molecule has 0 aromatic heterocycles. The molecule has 0 saturated heterocycles. The van der Waals surface area contributed by atoms with E-state index in [1.54, 1.807) is 12.1 Å². The van der Waals surface area contributed by atoms with Gasteiger partial charge < -0.3 is 20.7 Å². The average Bonchev–Trinajstić information content (AvgIpc) is 2.24. The summed E-state index contributed by atoms with van der Waals surface area (Å²) in [6.07, 6.45) is 0.699. The molecule has 0 atom stereocenters. The van der Waals surface area contributed by atoms with Crippen LogP contribution in [0, 0.1) is 0 Å². The van der Waals surface area contributed by atoms with Crippen LogP contribution in [0.4, 0.5) is 0 Å². The van der Waals surface area contributed by atoms with Crippen LogP contribution in [0.15, 0.2) is 18.2 Å². The topological polar surface area (TPSA) is 92.8 Å². The van der Waals surface area contributed by atoms with Crippen LogP contribution in [-0.2, 0) is 10.2 Å². The minimum absolute atomic E-state index is 0.0568. The Hall–Kier alpha value is -1.75. The van der Waals surface area contributed by atoms with Crippen LogP contribution in [-0.4, -0.2) is 29.3 Å². The fraction of sp³-hybridized carbons (Fsp3) is 0.417. The highest BCUT2D eigenvalue weighted by molar-refractivity contribution is 5.84. The molecule has 0 aliphatic heterocycles. The number of phenolic OH excluding ortho intramolecular Hbond substituents is 1. The Morgan fingerprint density at radius 1 is 1.53 bits per heavy atom. The smallest absolute Gasteiger partial charge is 0.314 e. The Bertz CT molecular complexity index is 452. The van der Waals surface area contributed by atoms with E-state index in [1.807, 2.05) is 0 Å². The number of aromatic hydroxyl groups is 1. The number of phenols is 1. The van der Waals surface area contributed by atoms with Gasteiger partial charge in [0, 0.05) is 17.7 Å². The lowest BCUT2D eigenvalue weighted by molar-refractivity contribution is -0.148. The van der Waals surface area contributed by atoms with E-state index >= 15 is 0 Å². The van der Waals surface area contributed by atoms with Crippen molar-refractivity contribution in [3.63, 3.8) is 0 Å². The Kier molecular flexibility index (Phi) is 2.71. The van der Waals surface area contributed by atoms with E-state index in [0.717, 1.165) is 0 Å². The second kappa shape index (κ2) is 3.92. The summed E-state index contributed by atoms with van der Waals surface area (Å²) in [6, 6.07) is 4.54. The second-order valence-corrected chi connectivity index (χ2v) is 4.44. The number of hydrogen-bond donors (Lipinski definition) is 3. The van der Waals surface area contributed by atoms with Gasteiger partial charge in [-0.2, -0.15) is 0 Å². The first-order valence-electron chi connectivity index (χ1n) is 5.36. The lowest BCUT2D eigenvalue weighted by atomic mass is 9.61. The van der Waals surface area contributed by atoms with E-state index in [1.165, 1.54) is 13.2 Å². The van der Waals surface area contributed by atoms with Gasteiger partial charge in [-0.3, -0.25) is 4.79 Å². The molecule has 1 aromatic carbocycles. The number of nitrogens with two attached hydrogens (primary N) is 1. The number of rotatable bonds is 3. The van der Waals surface area contributed by atoms with Crippen molar-refractivity contribution in [2.45, 2.75) is 24.3 Å². The van der Waals surface area contributed by atoms with Gasteiger partial charge in [-0.15, -0.1) is 0 Å². The Balaban J connectivity index is 2.42. The minimum atomic E-state index is -1.05. The molecule has 0 radical (unpaired) electrons. The highest BCUT2D eigenvalue weighted by Crippen LogP contribution is 2.47. The van der Waals surface area contributed by atoms with Crippen LogP contribution in [0.2, 0.25) is 0 Å². The van der Waals surface area contributed by atoms with Gasteiger partial charge in [-0.1, -0.05) is 6.07 Å². The van der Waals surface area contributed by atoms with Crippen LogP contribution in [0.5, 0.6) is 11.5 Å². The summed E-state index contributed by atoms with van der Waals surface area (Å²) in [4.78, 5) is 11.4. The van der Waals surface area contributed by atoms with Crippen molar-refractivity contribution in [3.05, 3.63) is 23.8 Å². The number of methoxy groups -OCH3 is 1. The third-order valence-electron chi connectivity index (χ3n) is 3.35. The maximum Gasteiger partial charge on any atom is 0.314 e. The Labute approximate surface area is 98.8 Å². The molecule has 0 spiro atoms. The highest BCUT2D eigenvalue weighted by atomic mass is 16.5. The van der Waals surface area contributed by atoms with Crippen molar-refractivity contribution < 1.29 is 19.7 Å². The standard InChI is InChI=1S/C12H15NO4/c1-17-8-2-3-9(10(14)4-8)12(11(15)16)5-7(13)6-12/h2-4,7,14H,5-6,13H2,1H3,(H,15,16). The summed E-state index contributed by atoms with van der Waals surface area (Å²) in [7, 11) is 1.49. The van der Waals surface area contributed by atoms with Crippen molar-refractivity contribution >= 4 is 5.97 Å². The molecule has 0 bridgehead atoms. The molecule has 2 rings (SSSR count). The van der Waals surface area contributed by atoms with E-state index in [-0.39, 0.29) is 11.8 Å². The van der Waals surface area contributed by atoms with Crippen molar-refractivity contribution in [2.75, 3.05) is 7.11 Å². The summed E-state index contributed by atoms with van der Waals surface area (Å²) in [5.41, 5.74) is 5.03. The third kappa shape index (κ3) is 1.72. The molecule has 1 aromatic rings. The number of carbonyl (C=O) groups is 1. The predicted molar refractivity (Wildman–Crippen MR) is 61.2 cm³/mol. The van der Waals surface area contributed by atoms with Gasteiger partial charge in [0.2, 0.25) is 0 Å². The Morgan fingerprint density at radius 2 is 2.18 bits per heavy atom. The first-order chi connectivity index (χ1) is 7.99. The highest BCUT2D eigenvalue weighted by Gasteiger charge is 2.51. The second-order valence-electron chi connectivity index (χ2n) is 4.44. The Morgan fingerprint density at radius 3 is 2.59 bits per heavy atom. The zero-order chi connectivity index (χ0) is 12.6. The van der Waals surface area contributed by atoms with Crippen molar-refractivity contribution in [3.8, 4) is 11.5 Å². The van der Waals surface area contributed by atoms with Crippen LogP contribution in [0.3, 0.4) is 0 Å². The van der Waals surface area contributed by atoms with Gasteiger partial charge in [-0.25, -0.2) is 0 Å². The molecule has 1 saturated carbocycles. The van der Waals surface area contributed by atoms with Crippen LogP contribution >= 0.6 is 0 Å². The molecule has 17 heavy (non-hydrogen) atoms. The summed E-state index contributed by atoms with van der Waals surface area (Å²) < 4.78 is 4.96. The average molecular weight is 237 g/mol. The monoisotopic (exact) mass is 237 g/mol. The zero-order valence-electron chi connectivity index (χ0n) is 9.51. The maximum absolute atomic E-state index is 11.4. The molecule has 92 valence electrons. The number of aliphatic carboxylic acids is 1. The summed E-state index contributed by atoms with van der Waals surface area (Å²) in [5, 5.41) is 19.2. The lowest BCUT2D eigenvalue weighted by Gasteiger charge is -2.43. The van der Waals surface area contributed by atoms with Crippen molar-refractivity contribution in [2.24, 2.45) is 5.73 Å². The van der Waals surface area contributed by atoms with E-state index in [0.29, 0.717) is 24.2 Å². The molecule has 0 unspecified atom stereocenters. The largest absolute Gasteiger partial charge is 0.507 e. The zero-order valence-corrected chi connectivity index (χ0v) is 9.51. The SMILES string of the molecule is COc1ccc(C2(C(=O)O)CC(N)C2)c(O)c1. The van der Waals surface area contributed by atoms with Crippen LogP contribution in [0.25, 0.3) is 0 Å². The van der Waals surface area contributed by atoms with Gasteiger partial charge in [0.25, 0.3) is 0 Å². The fourth-order valence-corrected chi connectivity index (χ4v) is 2.39. The number of carboxylic acids is 1. The van der Waals surface area contributed by atoms with Crippen molar-refractivity contribution in [1.29, 1.82) is 0 Å². The quantitative estimate of drug-likeness (QED) is 0.724. The number of carboxylic acid groups (broad SMARTS) is 1. The minimum Gasteiger partial charge on any atom is -0.507 e. The molecule has 1 aliphatic rings. The van der Waals surface area contributed by atoms with E-state index in [4.69, 9.17) is 10.5 Å². The molecular formula is C12H15NO4. The molecule has 0 amide bonds. The molecular weight excluding hydrogens is 222 g/mol. The first-order valence-corrected chi connectivity index (χ1v) is 5.36. The van der Waals surface area contributed by atoms with Gasteiger partial charge in [0.15, 0.2) is 0 Å². The van der Waals surface area contributed by atoms with Gasteiger partial charge in [0.1, 0.15) is 11.5 Å². The number of ether oxygens (including phenoxy) is 1. The number of benzene rings is 1.